The summed E-state index contributed by atoms with van der Waals surface area (Å²) in [5.41, 5.74) is 0.142. The van der Waals surface area contributed by atoms with Gasteiger partial charge in [0.05, 0.1) is 36.1 Å². The smallest absolute Gasteiger partial charge is 0.264 e. The number of sulfonamides is 1. The fraction of sp³-hybridized carbons (Fsp3) is 0.259. The number of benzene rings is 3. The van der Waals surface area contributed by atoms with E-state index in [9.17, 15) is 18.0 Å². The van der Waals surface area contributed by atoms with Gasteiger partial charge in [-0.05, 0) is 57.2 Å². The van der Waals surface area contributed by atoms with Crippen LogP contribution in [0.2, 0.25) is 0 Å². The SMILES string of the molecule is COc1ccc(OC)c(N(CC(=O)Nc2ccccc2C(=O)NC(C)(C)C)S(=O)(=O)c2ccccc2)c1. The maximum absolute atomic E-state index is 13.7. The lowest BCUT2D eigenvalue weighted by Crippen LogP contribution is -2.41. The van der Waals surface area contributed by atoms with Gasteiger partial charge in [-0.25, -0.2) is 8.42 Å². The van der Waals surface area contributed by atoms with E-state index >= 15 is 0 Å². The third-order valence-corrected chi connectivity index (χ3v) is 6.98. The van der Waals surface area contributed by atoms with E-state index in [0.29, 0.717) is 5.75 Å². The molecule has 0 unspecified atom stereocenters. The van der Waals surface area contributed by atoms with Crippen LogP contribution in [-0.4, -0.2) is 46.5 Å². The Morgan fingerprint density at radius 1 is 0.892 bits per heavy atom. The Balaban J connectivity index is 2.01. The highest BCUT2D eigenvalue weighted by atomic mass is 32.2. The topological polar surface area (TPSA) is 114 Å². The fourth-order valence-corrected chi connectivity index (χ4v) is 4.97. The number of hydrogen-bond acceptors (Lipinski definition) is 6. The van der Waals surface area contributed by atoms with Crippen molar-refractivity contribution in [1.82, 2.24) is 5.32 Å². The van der Waals surface area contributed by atoms with Gasteiger partial charge in [-0.1, -0.05) is 30.3 Å². The molecule has 10 heteroatoms. The van der Waals surface area contributed by atoms with Crippen molar-refractivity contribution in [3.05, 3.63) is 78.4 Å². The molecule has 3 aromatic rings. The number of amides is 2. The van der Waals surface area contributed by atoms with E-state index < -0.39 is 28.0 Å². The van der Waals surface area contributed by atoms with Gasteiger partial charge in [0.1, 0.15) is 18.0 Å². The molecule has 0 aliphatic carbocycles. The summed E-state index contributed by atoms with van der Waals surface area (Å²) in [6.07, 6.45) is 0. The van der Waals surface area contributed by atoms with Crippen LogP contribution in [0.4, 0.5) is 11.4 Å². The zero-order chi connectivity index (χ0) is 27.2. The van der Waals surface area contributed by atoms with Gasteiger partial charge >= 0.3 is 0 Å². The van der Waals surface area contributed by atoms with Gasteiger partial charge in [0.15, 0.2) is 0 Å². The molecule has 3 aromatic carbocycles. The first-order chi connectivity index (χ1) is 17.5. The molecule has 0 saturated heterocycles. The molecule has 37 heavy (non-hydrogen) atoms. The second-order valence-electron chi connectivity index (χ2n) is 9.16. The van der Waals surface area contributed by atoms with Crippen molar-refractivity contribution in [2.45, 2.75) is 31.2 Å². The van der Waals surface area contributed by atoms with Crippen molar-refractivity contribution in [3.8, 4) is 11.5 Å². The average Bonchev–Trinajstić information content (AvgIpc) is 2.86. The highest BCUT2D eigenvalue weighted by molar-refractivity contribution is 7.92. The number of rotatable bonds is 9. The van der Waals surface area contributed by atoms with Gasteiger partial charge in [-0.2, -0.15) is 0 Å². The molecule has 0 heterocycles. The van der Waals surface area contributed by atoms with Crippen molar-refractivity contribution in [3.63, 3.8) is 0 Å². The summed E-state index contributed by atoms with van der Waals surface area (Å²) in [7, 11) is -1.33. The summed E-state index contributed by atoms with van der Waals surface area (Å²) in [5.74, 6) is -0.404. The Kier molecular flexibility index (Phi) is 8.44. The van der Waals surface area contributed by atoms with Crippen LogP contribution in [0.15, 0.2) is 77.7 Å². The number of methoxy groups -OCH3 is 2. The molecule has 3 rings (SSSR count). The first kappa shape index (κ1) is 27.5. The number of ether oxygens (including phenoxy) is 2. The Morgan fingerprint density at radius 3 is 2.16 bits per heavy atom. The highest BCUT2D eigenvalue weighted by Gasteiger charge is 2.30. The Morgan fingerprint density at radius 2 is 1.54 bits per heavy atom. The normalized spacial score (nSPS) is 11.4. The summed E-state index contributed by atoms with van der Waals surface area (Å²) in [6, 6.07) is 19.0. The molecular formula is C27H31N3O6S. The maximum atomic E-state index is 13.7. The molecule has 0 atom stereocenters. The lowest BCUT2D eigenvalue weighted by molar-refractivity contribution is -0.114. The Bertz CT molecular complexity index is 1370. The number of para-hydroxylation sites is 1. The maximum Gasteiger partial charge on any atom is 0.264 e. The molecule has 2 amide bonds. The van der Waals surface area contributed by atoms with Crippen LogP contribution in [0, 0.1) is 0 Å². The summed E-state index contributed by atoms with van der Waals surface area (Å²) < 4.78 is 39.1. The third-order valence-electron chi connectivity index (χ3n) is 5.21. The zero-order valence-electron chi connectivity index (χ0n) is 21.4. The van der Waals surface area contributed by atoms with Crippen molar-refractivity contribution >= 4 is 33.2 Å². The summed E-state index contributed by atoms with van der Waals surface area (Å²) in [4.78, 5) is 26.1. The van der Waals surface area contributed by atoms with E-state index in [1.807, 2.05) is 20.8 Å². The van der Waals surface area contributed by atoms with Gasteiger partial charge in [0, 0.05) is 11.6 Å². The minimum Gasteiger partial charge on any atom is -0.497 e. The molecule has 0 radical (unpaired) electrons. The minimum absolute atomic E-state index is 0.00220. The van der Waals surface area contributed by atoms with Crippen LogP contribution in [0.5, 0.6) is 11.5 Å². The predicted molar refractivity (Wildman–Crippen MR) is 143 cm³/mol. The van der Waals surface area contributed by atoms with Crippen LogP contribution in [0.3, 0.4) is 0 Å². The van der Waals surface area contributed by atoms with Crippen LogP contribution in [0.1, 0.15) is 31.1 Å². The van der Waals surface area contributed by atoms with E-state index in [4.69, 9.17) is 9.47 Å². The predicted octanol–water partition coefficient (Wildman–Crippen LogP) is 4.07. The van der Waals surface area contributed by atoms with Crippen LogP contribution < -0.4 is 24.4 Å². The molecule has 0 spiro atoms. The van der Waals surface area contributed by atoms with Crippen molar-refractivity contribution in [2.24, 2.45) is 0 Å². The van der Waals surface area contributed by atoms with Gasteiger partial charge in [-0.3, -0.25) is 13.9 Å². The summed E-state index contributed by atoms with van der Waals surface area (Å²) in [6.45, 7) is 4.95. The number of hydrogen-bond donors (Lipinski definition) is 2. The lowest BCUT2D eigenvalue weighted by atomic mass is 10.1. The van der Waals surface area contributed by atoms with Crippen LogP contribution in [-0.2, 0) is 14.8 Å². The molecule has 9 nitrogen and oxygen atoms in total. The lowest BCUT2D eigenvalue weighted by Gasteiger charge is -2.26. The number of carbonyl (C=O) groups excluding carboxylic acids is 2. The van der Waals surface area contributed by atoms with Crippen LogP contribution in [0.25, 0.3) is 0 Å². The second kappa shape index (κ2) is 11.3. The number of nitrogens with one attached hydrogen (secondary N) is 2. The monoisotopic (exact) mass is 525 g/mol. The first-order valence-corrected chi connectivity index (χ1v) is 12.9. The summed E-state index contributed by atoms with van der Waals surface area (Å²) >= 11 is 0. The van der Waals surface area contributed by atoms with Crippen molar-refractivity contribution in [1.29, 1.82) is 0 Å². The van der Waals surface area contributed by atoms with E-state index in [0.717, 1.165) is 4.31 Å². The fourth-order valence-electron chi connectivity index (χ4n) is 3.53. The molecule has 2 N–H and O–H groups in total. The molecule has 0 aliphatic rings. The van der Waals surface area contributed by atoms with Crippen LogP contribution >= 0.6 is 0 Å². The average molecular weight is 526 g/mol. The Labute approximate surface area is 217 Å². The van der Waals surface area contributed by atoms with Gasteiger partial charge < -0.3 is 20.1 Å². The molecule has 196 valence electrons. The van der Waals surface area contributed by atoms with Crippen molar-refractivity contribution < 1.29 is 27.5 Å². The molecule has 0 fully saturated rings. The second-order valence-corrected chi connectivity index (χ2v) is 11.0. The Hall–Kier alpha value is -4.05. The van der Waals surface area contributed by atoms with Gasteiger partial charge in [-0.15, -0.1) is 0 Å². The molecule has 0 aromatic heterocycles. The quantitative estimate of drug-likeness (QED) is 0.435. The third kappa shape index (κ3) is 6.79. The van der Waals surface area contributed by atoms with E-state index in [-0.39, 0.29) is 33.5 Å². The molecule has 0 saturated carbocycles. The number of anilines is 2. The molecule has 0 aliphatic heterocycles. The van der Waals surface area contributed by atoms with Crippen molar-refractivity contribution in [2.75, 3.05) is 30.4 Å². The van der Waals surface area contributed by atoms with E-state index in [2.05, 4.69) is 10.6 Å². The van der Waals surface area contributed by atoms with Gasteiger partial charge in [0.2, 0.25) is 5.91 Å². The zero-order valence-corrected chi connectivity index (χ0v) is 22.3. The van der Waals surface area contributed by atoms with E-state index in [1.54, 1.807) is 54.6 Å². The largest absolute Gasteiger partial charge is 0.497 e. The number of nitrogens with zero attached hydrogens (tertiary/aromatic N) is 1. The first-order valence-electron chi connectivity index (χ1n) is 11.5. The standard InChI is InChI=1S/C27H31N3O6S/c1-27(2,3)29-26(32)21-13-9-10-14-22(21)28-25(31)18-30(37(33,34)20-11-7-6-8-12-20)23-17-19(35-4)15-16-24(23)36-5/h6-17H,18H2,1-5H3,(H,28,31)(H,29,32). The summed E-state index contributed by atoms with van der Waals surface area (Å²) in [5, 5.41) is 5.55. The minimum atomic E-state index is -4.19. The van der Waals surface area contributed by atoms with E-state index in [1.165, 1.54) is 32.4 Å². The number of carbonyl (C=O) groups is 2. The molecule has 0 bridgehead atoms. The van der Waals surface area contributed by atoms with Gasteiger partial charge in [0.25, 0.3) is 15.9 Å². The molecular weight excluding hydrogens is 494 g/mol. The highest BCUT2D eigenvalue weighted by Crippen LogP contribution is 2.35.